The summed E-state index contributed by atoms with van der Waals surface area (Å²) >= 11 is 0. The van der Waals surface area contributed by atoms with E-state index in [1.54, 1.807) is 0 Å². The summed E-state index contributed by atoms with van der Waals surface area (Å²) in [7, 11) is -1.42. The smallest absolute Gasteiger partial charge is 0.309 e. The summed E-state index contributed by atoms with van der Waals surface area (Å²) in [5.74, 6) is -3.34. The Balaban J connectivity index is 3.00. The van der Waals surface area contributed by atoms with Gasteiger partial charge in [-0.05, 0) is 25.1 Å². The van der Waals surface area contributed by atoms with Gasteiger partial charge in [0.05, 0.1) is 18.8 Å². The predicted octanol–water partition coefficient (Wildman–Crippen LogP) is 2.10. The molecule has 1 rings (SSSR count). The van der Waals surface area contributed by atoms with E-state index in [9.17, 15) is 22.0 Å². The third-order valence-corrected chi connectivity index (χ3v) is 5.57. The molecule has 0 aliphatic rings. The van der Waals surface area contributed by atoms with E-state index in [1.807, 2.05) is 0 Å². The number of esters is 1. The zero-order valence-corrected chi connectivity index (χ0v) is 13.7. The van der Waals surface area contributed by atoms with Gasteiger partial charge < -0.3 is 4.74 Å². The summed E-state index contributed by atoms with van der Waals surface area (Å²) in [5, 5.41) is 0. The van der Waals surface area contributed by atoms with Gasteiger partial charge in [0, 0.05) is 18.7 Å². The van der Waals surface area contributed by atoms with Crippen molar-refractivity contribution in [3.63, 3.8) is 0 Å². The Hall–Kier alpha value is -1.54. The molecule has 0 aromatic heterocycles. The Morgan fingerprint density at radius 2 is 1.91 bits per heavy atom. The lowest BCUT2D eigenvalue weighted by Crippen LogP contribution is -2.36. The van der Waals surface area contributed by atoms with Crippen LogP contribution in [-0.2, 0) is 19.6 Å². The number of methoxy groups -OCH3 is 1. The van der Waals surface area contributed by atoms with Crippen LogP contribution >= 0.6 is 0 Å². The second-order valence-corrected chi connectivity index (χ2v) is 7.13. The molecule has 0 aliphatic heterocycles. The van der Waals surface area contributed by atoms with Crippen molar-refractivity contribution in [2.24, 2.45) is 5.92 Å². The molecular weight excluding hydrogens is 316 g/mol. The first kappa shape index (κ1) is 18.5. The van der Waals surface area contributed by atoms with E-state index in [-0.39, 0.29) is 5.56 Å². The average molecular weight is 335 g/mol. The van der Waals surface area contributed by atoms with Gasteiger partial charge in [0.15, 0.2) is 0 Å². The van der Waals surface area contributed by atoms with Crippen molar-refractivity contribution >= 4 is 16.0 Å². The van der Waals surface area contributed by atoms with Gasteiger partial charge in [0.1, 0.15) is 11.6 Å². The highest BCUT2D eigenvalue weighted by molar-refractivity contribution is 7.89. The molecule has 5 nitrogen and oxygen atoms in total. The third kappa shape index (κ3) is 4.23. The molecule has 8 heteroatoms. The van der Waals surface area contributed by atoms with Gasteiger partial charge in [0.25, 0.3) is 0 Å². The minimum atomic E-state index is -3.85. The Labute approximate surface area is 128 Å². The summed E-state index contributed by atoms with van der Waals surface area (Å²) in [6.07, 6.45) is 0. The van der Waals surface area contributed by atoms with Gasteiger partial charge in [-0.15, -0.1) is 0 Å². The largest absolute Gasteiger partial charge is 0.469 e. The summed E-state index contributed by atoms with van der Waals surface area (Å²) in [5.41, 5.74) is -0.0724. The molecule has 0 spiro atoms. The molecule has 0 saturated heterocycles. The fraction of sp³-hybridized carbons (Fsp3) is 0.500. The minimum absolute atomic E-state index is 0.0724. The van der Waals surface area contributed by atoms with Gasteiger partial charge >= 0.3 is 5.97 Å². The van der Waals surface area contributed by atoms with Crippen LogP contribution in [-0.4, -0.2) is 38.6 Å². The number of benzene rings is 1. The van der Waals surface area contributed by atoms with Crippen LogP contribution in [0.4, 0.5) is 8.78 Å². The van der Waals surface area contributed by atoms with Crippen molar-refractivity contribution in [3.8, 4) is 0 Å². The van der Waals surface area contributed by atoms with Crippen LogP contribution in [0.5, 0.6) is 0 Å². The molecule has 0 amide bonds. The number of hydrogen-bond acceptors (Lipinski definition) is 4. The van der Waals surface area contributed by atoms with Crippen molar-refractivity contribution in [1.29, 1.82) is 0 Å². The molecular formula is C14H19F2NO4S. The highest BCUT2D eigenvalue weighted by atomic mass is 32.2. The van der Waals surface area contributed by atoms with Crippen LogP contribution in [0.15, 0.2) is 18.2 Å². The van der Waals surface area contributed by atoms with E-state index in [2.05, 4.69) is 4.74 Å². The predicted molar refractivity (Wildman–Crippen MR) is 77.5 cm³/mol. The first-order valence-electron chi connectivity index (χ1n) is 6.58. The first-order valence-corrected chi connectivity index (χ1v) is 8.19. The summed E-state index contributed by atoms with van der Waals surface area (Å²) < 4.78 is 56.9. The molecule has 22 heavy (non-hydrogen) atoms. The molecule has 0 aliphatic carbocycles. The monoisotopic (exact) mass is 335 g/mol. The molecule has 0 radical (unpaired) electrons. The SMILES string of the molecule is COC(=O)[C@@H](C)CS(=O)(=O)N(C)[C@@H](C)c1cc(F)ccc1F. The Kier molecular flexibility index (Phi) is 6.01. The van der Waals surface area contributed by atoms with Crippen molar-refractivity contribution in [2.45, 2.75) is 19.9 Å². The van der Waals surface area contributed by atoms with E-state index in [0.29, 0.717) is 0 Å². The normalized spacial score (nSPS) is 14.7. The molecule has 0 N–H and O–H groups in total. The zero-order chi connectivity index (χ0) is 17.1. The van der Waals surface area contributed by atoms with Crippen LogP contribution in [0.2, 0.25) is 0 Å². The molecule has 0 heterocycles. The van der Waals surface area contributed by atoms with E-state index in [0.717, 1.165) is 22.5 Å². The number of nitrogens with zero attached hydrogens (tertiary/aromatic N) is 1. The van der Waals surface area contributed by atoms with Gasteiger partial charge in [-0.3, -0.25) is 4.79 Å². The average Bonchev–Trinajstić information content (AvgIpc) is 2.46. The van der Waals surface area contributed by atoms with Crippen LogP contribution < -0.4 is 0 Å². The number of carbonyl (C=O) groups excluding carboxylic acids is 1. The number of hydrogen-bond donors (Lipinski definition) is 0. The fourth-order valence-electron chi connectivity index (χ4n) is 1.97. The van der Waals surface area contributed by atoms with E-state index in [4.69, 9.17) is 0 Å². The quantitative estimate of drug-likeness (QED) is 0.747. The van der Waals surface area contributed by atoms with Crippen molar-refractivity contribution in [2.75, 3.05) is 19.9 Å². The maximum Gasteiger partial charge on any atom is 0.309 e. The maximum atomic E-state index is 13.8. The highest BCUT2D eigenvalue weighted by Crippen LogP contribution is 2.25. The Morgan fingerprint density at radius 3 is 2.45 bits per heavy atom. The molecule has 124 valence electrons. The second kappa shape index (κ2) is 7.15. The van der Waals surface area contributed by atoms with Crippen molar-refractivity contribution < 1.29 is 26.7 Å². The van der Waals surface area contributed by atoms with Crippen molar-refractivity contribution in [3.05, 3.63) is 35.4 Å². The molecule has 2 atom stereocenters. The molecule has 0 fully saturated rings. The Bertz CT molecular complexity index is 648. The van der Waals surface area contributed by atoms with Gasteiger partial charge in [-0.25, -0.2) is 17.2 Å². The van der Waals surface area contributed by atoms with E-state index < -0.39 is 45.3 Å². The Morgan fingerprint density at radius 1 is 1.32 bits per heavy atom. The van der Waals surface area contributed by atoms with Gasteiger partial charge in [-0.2, -0.15) is 4.31 Å². The van der Waals surface area contributed by atoms with Crippen LogP contribution in [0.3, 0.4) is 0 Å². The first-order chi connectivity index (χ1) is 10.1. The zero-order valence-electron chi connectivity index (χ0n) is 12.8. The third-order valence-electron chi connectivity index (χ3n) is 3.46. The standard InChI is InChI=1S/C14H19F2NO4S/c1-9(14(18)21-4)8-22(19,20)17(3)10(2)12-7-11(15)5-6-13(12)16/h5-7,9-10H,8H2,1-4H3/t9-,10-/m0/s1. The lowest BCUT2D eigenvalue weighted by molar-refractivity contribution is -0.144. The topological polar surface area (TPSA) is 63.7 Å². The summed E-state index contributed by atoms with van der Waals surface area (Å²) in [4.78, 5) is 11.3. The van der Waals surface area contributed by atoms with E-state index in [1.165, 1.54) is 28.0 Å². The van der Waals surface area contributed by atoms with E-state index >= 15 is 0 Å². The highest BCUT2D eigenvalue weighted by Gasteiger charge is 2.30. The minimum Gasteiger partial charge on any atom is -0.469 e. The van der Waals surface area contributed by atoms with Gasteiger partial charge in [0.2, 0.25) is 10.0 Å². The van der Waals surface area contributed by atoms with Crippen LogP contribution in [0.25, 0.3) is 0 Å². The summed E-state index contributed by atoms with van der Waals surface area (Å²) in [6.45, 7) is 2.86. The number of halogens is 2. The lowest BCUT2D eigenvalue weighted by atomic mass is 10.1. The van der Waals surface area contributed by atoms with Crippen LogP contribution in [0.1, 0.15) is 25.5 Å². The molecule has 0 bridgehead atoms. The second-order valence-electron chi connectivity index (χ2n) is 5.06. The van der Waals surface area contributed by atoms with Gasteiger partial charge in [-0.1, -0.05) is 6.92 Å². The summed E-state index contributed by atoms with van der Waals surface area (Å²) in [6, 6.07) is 1.94. The fourth-order valence-corrected chi connectivity index (χ4v) is 3.57. The molecule has 0 saturated carbocycles. The number of ether oxygens (including phenoxy) is 1. The maximum absolute atomic E-state index is 13.8. The molecule has 1 aromatic rings. The number of carbonyl (C=O) groups is 1. The number of sulfonamides is 1. The van der Waals surface area contributed by atoms with Crippen LogP contribution in [0, 0.1) is 17.6 Å². The molecule has 0 unspecified atom stereocenters. The molecule has 1 aromatic carbocycles. The van der Waals surface area contributed by atoms with Crippen molar-refractivity contribution in [1.82, 2.24) is 4.31 Å². The number of rotatable bonds is 6. The lowest BCUT2D eigenvalue weighted by Gasteiger charge is -2.26.